The van der Waals surface area contributed by atoms with Crippen LogP contribution in [0.4, 0.5) is 5.82 Å². The molecular weight excluding hydrogens is 368 g/mol. The first-order valence-electron chi connectivity index (χ1n) is 6.36. The highest BCUT2D eigenvalue weighted by molar-refractivity contribution is 9.10. The lowest BCUT2D eigenvalue weighted by Crippen LogP contribution is -2.30. The van der Waals surface area contributed by atoms with Gasteiger partial charge < -0.3 is 0 Å². The summed E-state index contributed by atoms with van der Waals surface area (Å²) in [6, 6.07) is 11.2. The zero-order valence-corrected chi connectivity index (χ0v) is 14.1. The van der Waals surface area contributed by atoms with Crippen LogP contribution in [0.1, 0.15) is 6.92 Å². The molecule has 1 aromatic heterocycles. The molecule has 2 aromatic rings. The zero-order valence-electron chi connectivity index (χ0n) is 11.7. The lowest BCUT2D eigenvalue weighted by atomic mass is 10.3. The fourth-order valence-corrected chi connectivity index (χ4v) is 3.47. The van der Waals surface area contributed by atoms with Crippen LogP contribution < -0.4 is 0 Å². The second-order valence-corrected chi connectivity index (χ2v) is 7.49. The van der Waals surface area contributed by atoms with Crippen molar-refractivity contribution in [2.75, 3.05) is 0 Å². The number of halogens is 1. The Labute approximate surface area is 137 Å². The highest BCUT2D eigenvalue weighted by atomic mass is 79.9. The molecule has 0 saturated heterocycles. The summed E-state index contributed by atoms with van der Waals surface area (Å²) in [5, 5.41) is -1.33. The van der Waals surface area contributed by atoms with Gasteiger partial charge in [-0.25, -0.2) is 18.4 Å². The number of sulfone groups is 1. The van der Waals surface area contributed by atoms with Crippen molar-refractivity contribution in [3.05, 3.63) is 53.1 Å². The number of hydrogen-bond donors (Lipinski definition) is 0. The third-order valence-electron chi connectivity index (χ3n) is 2.86. The van der Waals surface area contributed by atoms with E-state index in [1.54, 1.807) is 36.5 Å². The Balaban J connectivity index is 2.35. The maximum absolute atomic E-state index is 12.5. The lowest BCUT2D eigenvalue weighted by Gasteiger charge is -2.10. The molecule has 7 heteroatoms. The van der Waals surface area contributed by atoms with Crippen LogP contribution in [0.2, 0.25) is 0 Å². The van der Waals surface area contributed by atoms with E-state index in [9.17, 15) is 13.2 Å². The minimum absolute atomic E-state index is 0.0883. The number of hydrogen-bond acceptors (Lipinski definition) is 5. The van der Waals surface area contributed by atoms with E-state index in [0.717, 1.165) is 10.7 Å². The first-order chi connectivity index (χ1) is 10.4. The highest BCUT2D eigenvalue weighted by Gasteiger charge is 2.29. The number of benzene rings is 1. The fourth-order valence-electron chi connectivity index (χ4n) is 1.75. The van der Waals surface area contributed by atoms with Crippen molar-refractivity contribution in [1.29, 1.82) is 0 Å². The van der Waals surface area contributed by atoms with Gasteiger partial charge in [-0.2, -0.15) is 0 Å². The molecule has 0 saturated carbocycles. The summed E-state index contributed by atoms with van der Waals surface area (Å²) in [5.41, 5.74) is 0. The predicted molar refractivity (Wildman–Crippen MR) is 88.2 cm³/mol. The number of carbonyl (C=O) groups excluding carboxylic acids is 1. The molecule has 1 aromatic carbocycles. The number of pyridine rings is 1. The molecule has 0 radical (unpaired) electrons. The van der Waals surface area contributed by atoms with Gasteiger partial charge in [0.1, 0.15) is 0 Å². The van der Waals surface area contributed by atoms with Crippen LogP contribution in [-0.2, 0) is 14.6 Å². The van der Waals surface area contributed by atoms with Crippen LogP contribution >= 0.6 is 15.9 Å². The molecule has 0 N–H and O–H groups in total. The lowest BCUT2D eigenvalue weighted by molar-refractivity contribution is -0.115. The SMILES string of the molecule is CC(=O)C(C=Nc1ccc(Br)cn1)S(=O)(=O)c1ccccc1. The molecule has 2 rings (SSSR count). The number of rotatable bonds is 5. The van der Waals surface area contributed by atoms with Crippen LogP contribution in [0.25, 0.3) is 0 Å². The average molecular weight is 381 g/mol. The van der Waals surface area contributed by atoms with E-state index in [4.69, 9.17) is 0 Å². The maximum atomic E-state index is 12.5. The van der Waals surface area contributed by atoms with E-state index in [1.165, 1.54) is 19.1 Å². The summed E-state index contributed by atoms with van der Waals surface area (Å²) in [4.78, 5) is 19.8. The molecule has 0 spiro atoms. The minimum Gasteiger partial charge on any atom is -0.298 e. The number of aliphatic imine (C=N–C) groups is 1. The van der Waals surface area contributed by atoms with Crippen molar-refractivity contribution in [2.24, 2.45) is 4.99 Å². The van der Waals surface area contributed by atoms with E-state index in [0.29, 0.717) is 5.82 Å². The monoisotopic (exact) mass is 380 g/mol. The molecule has 22 heavy (non-hydrogen) atoms. The Morgan fingerprint density at radius 1 is 1.23 bits per heavy atom. The van der Waals surface area contributed by atoms with E-state index in [-0.39, 0.29) is 4.90 Å². The molecule has 0 aliphatic carbocycles. The third kappa shape index (κ3) is 3.86. The summed E-state index contributed by atoms with van der Waals surface area (Å²) < 4.78 is 25.8. The van der Waals surface area contributed by atoms with Crippen molar-refractivity contribution in [3.63, 3.8) is 0 Å². The Hall–Kier alpha value is -1.86. The van der Waals surface area contributed by atoms with Gasteiger partial charge in [-0.1, -0.05) is 18.2 Å². The smallest absolute Gasteiger partial charge is 0.193 e. The van der Waals surface area contributed by atoms with Crippen molar-refractivity contribution >= 4 is 43.6 Å². The Kier molecular flexibility index (Phi) is 5.20. The third-order valence-corrected chi connectivity index (χ3v) is 5.38. The van der Waals surface area contributed by atoms with Crippen molar-refractivity contribution in [3.8, 4) is 0 Å². The fraction of sp³-hybridized carbons (Fsp3) is 0.133. The standard InChI is InChI=1S/C15H13BrN2O3S/c1-11(19)14(10-18-15-8-7-12(16)9-17-15)22(20,21)13-5-3-2-4-6-13/h2-10,14H,1H3. The Bertz CT molecular complexity index is 787. The quantitative estimate of drug-likeness (QED) is 0.747. The van der Waals surface area contributed by atoms with Gasteiger partial charge in [-0.15, -0.1) is 0 Å². The summed E-state index contributed by atoms with van der Waals surface area (Å²) in [7, 11) is -3.81. The average Bonchev–Trinajstić information content (AvgIpc) is 2.50. The largest absolute Gasteiger partial charge is 0.298 e. The van der Waals surface area contributed by atoms with Crippen molar-refractivity contribution < 1.29 is 13.2 Å². The summed E-state index contributed by atoms with van der Waals surface area (Å²) in [5.74, 6) is -0.164. The van der Waals surface area contributed by atoms with Gasteiger partial charge in [-0.3, -0.25) is 4.79 Å². The van der Waals surface area contributed by atoms with Gasteiger partial charge >= 0.3 is 0 Å². The first-order valence-corrected chi connectivity index (χ1v) is 8.70. The number of ketones is 1. The van der Waals surface area contributed by atoms with Crippen molar-refractivity contribution in [1.82, 2.24) is 4.98 Å². The molecular formula is C15H13BrN2O3S. The minimum atomic E-state index is -3.81. The number of nitrogens with zero attached hydrogens (tertiary/aromatic N) is 2. The van der Waals surface area contributed by atoms with Crippen LogP contribution in [0, 0.1) is 0 Å². The number of carbonyl (C=O) groups is 1. The van der Waals surface area contributed by atoms with Gasteiger partial charge in [0.05, 0.1) is 4.90 Å². The number of aromatic nitrogens is 1. The summed E-state index contributed by atoms with van der Waals surface area (Å²) in [6.07, 6.45) is 2.67. The van der Waals surface area contributed by atoms with Gasteiger partial charge in [0, 0.05) is 16.9 Å². The van der Waals surface area contributed by atoms with E-state index >= 15 is 0 Å². The molecule has 0 aliphatic rings. The second-order valence-electron chi connectivity index (χ2n) is 4.50. The number of Topliss-reactive ketones (excluding diaryl/α,β-unsaturated/α-hetero) is 1. The normalized spacial score (nSPS) is 13.2. The van der Waals surface area contributed by atoms with Gasteiger partial charge in [0.2, 0.25) is 0 Å². The molecule has 1 atom stereocenters. The molecule has 114 valence electrons. The van der Waals surface area contributed by atoms with Crippen LogP contribution in [0.3, 0.4) is 0 Å². The molecule has 0 aliphatic heterocycles. The van der Waals surface area contributed by atoms with Gasteiger partial charge in [0.25, 0.3) is 0 Å². The molecule has 1 unspecified atom stereocenters. The Morgan fingerprint density at radius 3 is 2.45 bits per heavy atom. The molecule has 0 bridgehead atoms. The van der Waals surface area contributed by atoms with Crippen LogP contribution in [0.15, 0.2) is 63.0 Å². The molecule has 5 nitrogen and oxygen atoms in total. The van der Waals surface area contributed by atoms with Gasteiger partial charge in [0.15, 0.2) is 26.7 Å². The second kappa shape index (κ2) is 6.93. The Morgan fingerprint density at radius 2 is 1.91 bits per heavy atom. The van der Waals surface area contributed by atoms with E-state index in [2.05, 4.69) is 25.9 Å². The van der Waals surface area contributed by atoms with Crippen LogP contribution in [-0.4, -0.2) is 30.6 Å². The highest BCUT2D eigenvalue weighted by Crippen LogP contribution is 2.17. The van der Waals surface area contributed by atoms with Crippen LogP contribution in [0.5, 0.6) is 0 Å². The van der Waals surface area contributed by atoms with Gasteiger partial charge in [-0.05, 0) is 47.1 Å². The molecule has 0 fully saturated rings. The summed E-state index contributed by atoms with van der Waals surface area (Å²) >= 11 is 3.25. The van der Waals surface area contributed by atoms with Crippen molar-refractivity contribution in [2.45, 2.75) is 17.1 Å². The van der Waals surface area contributed by atoms with E-state index < -0.39 is 20.9 Å². The maximum Gasteiger partial charge on any atom is 0.193 e. The van der Waals surface area contributed by atoms with E-state index in [1.807, 2.05) is 0 Å². The predicted octanol–water partition coefficient (Wildman–Crippen LogP) is 2.98. The molecule has 0 amide bonds. The zero-order chi connectivity index (χ0) is 16.2. The molecule has 1 heterocycles. The topological polar surface area (TPSA) is 76.5 Å². The first kappa shape index (κ1) is 16.5. The summed E-state index contributed by atoms with van der Waals surface area (Å²) in [6.45, 7) is 1.23.